The Bertz CT molecular complexity index is 2220. The summed E-state index contributed by atoms with van der Waals surface area (Å²) in [5, 5.41) is 11.0. The monoisotopic (exact) mass is 747 g/mol. The summed E-state index contributed by atoms with van der Waals surface area (Å²) in [5.74, 6) is -0.287. The van der Waals surface area contributed by atoms with Gasteiger partial charge in [-0.3, -0.25) is 9.59 Å². The van der Waals surface area contributed by atoms with Crippen LogP contribution in [0, 0.1) is 5.92 Å². The first-order valence-corrected chi connectivity index (χ1v) is 19.5. The molecule has 55 heavy (non-hydrogen) atoms. The number of rotatable bonds is 16. The Morgan fingerprint density at radius 2 is 1.67 bits per heavy atom. The number of amides is 1. The van der Waals surface area contributed by atoms with Crippen molar-refractivity contribution in [3.8, 4) is 5.75 Å². The Morgan fingerprint density at radius 3 is 2.33 bits per heavy atom. The van der Waals surface area contributed by atoms with Gasteiger partial charge in [0, 0.05) is 71.2 Å². The molecule has 1 N–H and O–H groups in total. The minimum atomic E-state index is -0.624. The van der Waals surface area contributed by atoms with Crippen LogP contribution < -0.4 is 10.1 Å². The van der Waals surface area contributed by atoms with Gasteiger partial charge >= 0.3 is 5.97 Å². The Labute approximate surface area is 323 Å². The van der Waals surface area contributed by atoms with Crippen molar-refractivity contribution >= 4 is 55.9 Å². The lowest BCUT2D eigenvalue weighted by atomic mass is 9.94. The second kappa shape index (κ2) is 17.2. The minimum absolute atomic E-state index is 0.0911. The molecule has 290 valence electrons. The van der Waals surface area contributed by atoms with E-state index in [0.717, 1.165) is 70.4 Å². The number of aromatic nitrogens is 1. The van der Waals surface area contributed by atoms with Crippen LogP contribution in [0.4, 0.5) is 0 Å². The van der Waals surface area contributed by atoms with Crippen LogP contribution in [0.2, 0.25) is 0 Å². The molecule has 0 aliphatic carbocycles. The van der Waals surface area contributed by atoms with E-state index in [2.05, 4.69) is 47.1 Å². The van der Waals surface area contributed by atoms with Crippen molar-refractivity contribution in [1.82, 2.24) is 9.88 Å². The first-order chi connectivity index (χ1) is 26.4. The van der Waals surface area contributed by atoms with Crippen LogP contribution in [0.3, 0.4) is 0 Å². The molecule has 5 aromatic rings. The van der Waals surface area contributed by atoms with Crippen LogP contribution in [0.1, 0.15) is 102 Å². The number of hydrogen-bond acceptors (Lipinski definition) is 8. The number of unbranched alkanes of at least 4 members (excludes halogenated alkanes) is 1. The third-order valence-corrected chi connectivity index (χ3v) is 10.3. The smallest absolute Gasteiger partial charge is 0.331 e. The number of ketones is 1. The van der Waals surface area contributed by atoms with E-state index in [1.165, 1.54) is 13.8 Å². The highest BCUT2D eigenvalue weighted by atomic mass is 16.7. The van der Waals surface area contributed by atoms with E-state index in [-0.39, 0.29) is 23.8 Å². The van der Waals surface area contributed by atoms with Gasteiger partial charge in [-0.1, -0.05) is 68.6 Å². The van der Waals surface area contributed by atoms with E-state index in [1.807, 2.05) is 75.4 Å². The maximum Gasteiger partial charge on any atom is 0.331 e. The van der Waals surface area contributed by atoms with Crippen LogP contribution in [0.25, 0.3) is 32.6 Å². The largest absolute Gasteiger partial charge is 0.491 e. The summed E-state index contributed by atoms with van der Waals surface area (Å²) in [7, 11) is 0. The molecule has 6 rings (SSSR count). The highest BCUT2D eigenvalue weighted by Gasteiger charge is 2.33. The van der Waals surface area contributed by atoms with Crippen molar-refractivity contribution in [3.63, 3.8) is 0 Å². The number of carbonyl (C=O) groups excluding carboxylic acids is 3. The van der Waals surface area contributed by atoms with E-state index in [4.69, 9.17) is 19.0 Å². The SMILES string of the molecule is CCCCC(CC)Cn1c2ccc(/C(CC(C)NC(C)=O)=N\OC(C)=O)cc2c2cc(C(=O)c3ccc(OCC4COC(C)(C)O4)cc3)c3ccccc3c21. The Balaban J connectivity index is 1.46. The molecule has 1 fully saturated rings. The van der Waals surface area contributed by atoms with E-state index in [9.17, 15) is 14.4 Å². The zero-order chi connectivity index (χ0) is 39.3. The first kappa shape index (κ1) is 39.6. The predicted molar refractivity (Wildman–Crippen MR) is 217 cm³/mol. The summed E-state index contributed by atoms with van der Waals surface area (Å²) in [6, 6.07) is 23.3. The highest BCUT2D eigenvalue weighted by Crippen LogP contribution is 2.39. The van der Waals surface area contributed by atoms with E-state index in [0.29, 0.717) is 48.1 Å². The molecule has 10 heteroatoms. The van der Waals surface area contributed by atoms with Gasteiger partial charge in [0.05, 0.1) is 17.8 Å². The Kier molecular flexibility index (Phi) is 12.4. The number of fused-ring (bicyclic) bond motifs is 5. The fourth-order valence-corrected chi connectivity index (χ4v) is 7.60. The van der Waals surface area contributed by atoms with E-state index in [1.54, 1.807) is 0 Å². The average Bonchev–Trinajstić information content (AvgIpc) is 3.68. The lowest BCUT2D eigenvalue weighted by Crippen LogP contribution is -2.32. The quantitative estimate of drug-likeness (QED) is 0.0463. The lowest BCUT2D eigenvalue weighted by Gasteiger charge is -2.19. The first-order valence-electron chi connectivity index (χ1n) is 19.5. The van der Waals surface area contributed by atoms with Gasteiger partial charge in [0.15, 0.2) is 11.6 Å². The van der Waals surface area contributed by atoms with Crippen molar-refractivity contribution in [1.29, 1.82) is 0 Å². The number of nitrogens with zero attached hydrogens (tertiary/aromatic N) is 2. The molecule has 3 atom stereocenters. The molecule has 3 unspecified atom stereocenters. The fraction of sp³-hybridized carbons (Fsp3) is 0.422. The van der Waals surface area contributed by atoms with E-state index >= 15 is 0 Å². The standard InChI is InChI=1S/C45H53N3O7/c1-8-10-13-31(9-2)25-48-42-21-18-33(41(47-55-30(5)50)22-28(3)46-29(4)49)23-38(42)39-24-40(36-14-11-12-15-37(36)43(39)48)44(51)32-16-19-34(20-17-32)52-26-35-27-53-45(6,7)54-35/h11-12,14-21,23-24,28,31,35H,8-10,13,22,25-27H2,1-7H3,(H,46,49)/b47-41-. The molecular formula is C45H53N3O7. The third-order valence-electron chi connectivity index (χ3n) is 10.3. The summed E-state index contributed by atoms with van der Waals surface area (Å²) in [4.78, 5) is 43.4. The third kappa shape index (κ3) is 9.26. The molecule has 10 nitrogen and oxygen atoms in total. The van der Waals surface area contributed by atoms with Crippen molar-refractivity contribution in [2.45, 2.75) is 105 Å². The Hall–Kier alpha value is -5.06. The topological polar surface area (TPSA) is 117 Å². The normalized spacial score (nSPS) is 16.7. The molecule has 1 amide bonds. The van der Waals surface area contributed by atoms with Gasteiger partial charge in [-0.05, 0) is 81.0 Å². The van der Waals surface area contributed by atoms with Crippen LogP contribution in [0.15, 0.2) is 78.0 Å². The number of carbonyl (C=O) groups is 3. The van der Waals surface area contributed by atoms with Gasteiger partial charge in [-0.15, -0.1) is 0 Å². The summed E-state index contributed by atoms with van der Waals surface area (Å²) >= 11 is 0. The molecule has 0 saturated carbocycles. The number of nitrogens with one attached hydrogen (secondary N) is 1. The minimum Gasteiger partial charge on any atom is -0.491 e. The van der Waals surface area contributed by atoms with Crippen LogP contribution >= 0.6 is 0 Å². The van der Waals surface area contributed by atoms with Gasteiger partial charge in [0.25, 0.3) is 0 Å². The predicted octanol–water partition coefficient (Wildman–Crippen LogP) is 9.11. The number of hydrogen-bond donors (Lipinski definition) is 1. The number of benzene rings is 4. The fourth-order valence-electron chi connectivity index (χ4n) is 7.60. The van der Waals surface area contributed by atoms with Gasteiger partial charge in [0.1, 0.15) is 18.5 Å². The zero-order valence-corrected chi connectivity index (χ0v) is 33.1. The molecule has 0 radical (unpaired) electrons. The Morgan fingerprint density at radius 1 is 0.945 bits per heavy atom. The van der Waals surface area contributed by atoms with Crippen LogP contribution in [-0.2, 0) is 30.4 Å². The van der Waals surface area contributed by atoms with Crippen molar-refractivity contribution in [2.24, 2.45) is 11.1 Å². The molecular weight excluding hydrogens is 695 g/mol. The average molecular weight is 748 g/mol. The molecule has 2 heterocycles. The van der Waals surface area contributed by atoms with Crippen molar-refractivity contribution in [3.05, 3.63) is 89.5 Å². The lowest BCUT2D eigenvalue weighted by molar-refractivity contribution is -0.141. The van der Waals surface area contributed by atoms with E-state index < -0.39 is 11.8 Å². The second-order valence-corrected chi connectivity index (χ2v) is 15.2. The molecule has 0 spiro atoms. The van der Waals surface area contributed by atoms with Crippen molar-refractivity contribution in [2.75, 3.05) is 13.2 Å². The number of oxime groups is 1. The molecule has 0 bridgehead atoms. The highest BCUT2D eigenvalue weighted by molar-refractivity contribution is 6.26. The van der Waals surface area contributed by atoms with Gasteiger partial charge in [0.2, 0.25) is 5.91 Å². The summed E-state index contributed by atoms with van der Waals surface area (Å²) in [6.07, 6.45) is 4.65. The summed E-state index contributed by atoms with van der Waals surface area (Å²) in [6.45, 7) is 14.6. The van der Waals surface area contributed by atoms with Crippen LogP contribution in [0.5, 0.6) is 5.75 Å². The molecule has 1 aliphatic rings. The van der Waals surface area contributed by atoms with Gasteiger partial charge < -0.3 is 28.9 Å². The molecule has 1 saturated heterocycles. The van der Waals surface area contributed by atoms with Crippen molar-refractivity contribution < 1.29 is 33.4 Å². The zero-order valence-electron chi connectivity index (χ0n) is 33.1. The second-order valence-electron chi connectivity index (χ2n) is 15.2. The molecule has 1 aromatic heterocycles. The van der Waals surface area contributed by atoms with Gasteiger partial charge in [-0.25, -0.2) is 4.79 Å². The van der Waals surface area contributed by atoms with Crippen LogP contribution in [-0.4, -0.2) is 59.1 Å². The number of ether oxygens (including phenoxy) is 3. The molecule has 4 aromatic carbocycles. The maximum atomic E-state index is 14.5. The summed E-state index contributed by atoms with van der Waals surface area (Å²) in [5.41, 5.74) is 4.57. The van der Waals surface area contributed by atoms with Gasteiger partial charge in [-0.2, -0.15) is 0 Å². The maximum absolute atomic E-state index is 14.5. The summed E-state index contributed by atoms with van der Waals surface area (Å²) < 4.78 is 19.9. The molecule has 1 aliphatic heterocycles.